The van der Waals surface area contributed by atoms with E-state index in [2.05, 4.69) is 36.7 Å². The quantitative estimate of drug-likeness (QED) is 0.496. The standard InChI is InChI=1S/C24H24FN7O/c1-16(17-5-7-18(25)8-6-17)31-9-11-32(12-10-31)22-13-23(29-15-28-22)33-20-4-2-3-19-24(20)30-21(26)14-27-19/h2-8,13-16H,9-12H2,1H3,(H2,26,30). The van der Waals surface area contributed by atoms with Crippen LogP contribution in [0.3, 0.4) is 0 Å². The molecule has 3 heterocycles. The van der Waals surface area contributed by atoms with Gasteiger partial charge in [-0.25, -0.2) is 19.3 Å². The van der Waals surface area contributed by atoms with E-state index in [4.69, 9.17) is 10.5 Å². The Kier molecular flexibility index (Phi) is 5.70. The minimum absolute atomic E-state index is 0.212. The van der Waals surface area contributed by atoms with Crippen LogP contribution in [-0.2, 0) is 0 Å². The summed E-state index contributed by atoms with van der Waals surface area (Å²) in [6.07, 6.45) is 3.02. The Bertz CT molecular complexity index is 1260. The van der Waals surface area contributed by atoms with Crippen molar-refractivity contribution in [2.75, 3.05) is 36.8 Å². The normalized spacial score (nSPS) is 15.5. The Morgan fingerprint density at radius 1 is 1.00 bits per heavy atom. The molecule has 1 atom stereocenters. The van der Waals surface area contributed by atoms with Gasteiger partial charge in [0.1, 0.15) is 29.3 Å². The van der Waals surface area contributed by atoms with Crippen LogP contribution in [0.1, 0.15) is 18.5 Å². The van der Waals surface area contributed by atoms with Crippen molar-refractivity contribution in [3.8, 4) is 11.6 Å². The maximum absolute atomic E-state index is 13.2. The second kappa shape index (κ2) is 8.95. The van der Waals surface area contributed by atoms with Crippen LogP contribution in [0, 0.1) is 5.82 Å². The van der Waals surface area contributed by atoms with Crippen LogP contribution in [-0.4, -0.2) is 51.0 Å². The number of aromatic nitrogens is 4. The molecule has 1 aliphatic rings. The maximum atomic E-state index is 13.2. The molecule has 0 spiro atoms. The number of halogens is 1. The van der Waals surface area contributed by atoms with Crippen LogP contribution < -0.4 is 15.4 Å². The zero-order valence-electron chi connectivity index (χ0n) is 18.2. The number of rotatable bonds is 5. The lowest BCUT2D eigenvalue weighted by Crippen LogP contribution is -2.47. The lowest BCUT2D eigenvalue weighted by molar-refractivity contribution is 0.198. The van der Waals surface area contributed by atoms with Crippen LogP contribution in [0.4, 0.5) is 16.0 Å². The van der Waals surface area contributed by atoms with Crippen molar-refractivity contribution < 1.29 is 9.13 Å². The molecule has 0 radical (unpaired) electrons. The molecule has 2 aromatic heterocycles. The number of nitrogens with zero attached hydrogens (tertiary/aromatic N) is 6. The highest BCUT2D eigenvalue weighted by atomic mass is 19.1. The van der Waals surface area contributed by atoms with Gasteiger partial charge in [0.05, 0.1) is 11.7 Å². The van der Waals surface area contributed by atoms with Gasteiger partial charge in [0, 0.05) is 38.3 Å². The van der Waals surface area contributed by atoms with Crippen molar-refractivity contribution in [2.45, 2.75) is 13.0 Å². The number of hydrogen-bond donors (Lipinski definition) is 1. The Morgan fingerprint density at radius 2 is 1.79 bits per heavy atom. The van der Waals surface area contributed by atoms with Gasteiger partial charge in [0.2, 0.25) is 5.88 Å². The topological polar surface area (TPSA) is 93.3 Å². The van der Waals surface area contributed by atoms with Crippen molar-refractivity contribution in [2.24, 2.45) is 0 Å². The first-order valence-corrected chi connectivity index (χ1v) is 10.8. The molecule has 1 saturated heterocycles. The van der Waals surface area contributed by atoms with Crippen molar-refractivity contribution in [1.82, 2.24) is 24.8 Å². The molecule has 1 unspecified atom stereocenters. The molecule has 0 aliphatic carbocycles. The van der Waals surface area contributed by atoms with E-state index >= 15 is 0 Å². The van der Waals surface area contributed by atoms with E-state index in [1.165, 1.54) is 24.7 Å². The first-order chi connectivity index (χ1) is 16.1. The van der Waals surface area contributed by atoms with Gasteiger partial charge in [0.25, 0.3) is 0 Å². The minimum atomic E-state index is -0.212. The maximum Gasteiger partial charge on any atom is 0.224 e. The molecule has 4 aromatic rings. The van der Waals surface area contributed by atoms with Gasteiger partial charge in [-0.05, 0) is 36.8 Å². The molecule has 1 aliphatic heterocycles. The summed E-state index contributed by atoms with van der Waals surface area (Å²) in [6.45, 7) is 5.53. The van der Waals surface area contributed by atoms with Gasteiger partial charge in [-0.3, -0.25) is 9.88 Å². The predicted molar refractivity (Wildman–Crippen MR) is 125 cm³/mol. The average Bonchev–Trinajstić information content (AvgIpc) is 2.85. The van der Waals surface area contributed by atoms with Crippen LogP contribution in [0.5, 0.6) is 11.6 Å². The number of nitrogens with two attached hydrogens (primary N) is 1. The van der Waals surface area contributed by atoms with E-state index in [9.17, 15) is 4.39 Å². The fourth-order valence-corrected chi connectivity index (χ4v) is 4.07. The van der Waals surface area contributed by atoms with E-state index in [1.54, 1.807) is 0 Å². The highest BCUT2D eigenvalue weighted by molar-refractivity contribution is 5.82. The van der Waals surface area contributed by atoms with Crippen molar-refractivity contribution >= 4 is 22.7 Å². The molecule has 0 bridgehead atoms. The predicted octanol–water partition coefficient (Wildman–Crippen LogP) is 3.82. The smallest absolute Gasteiger partial charge is 0.224 e. The lowest BCUT2D eigenvalue weighted by Gasteiger charge is -2.38. The number of nitrogen functional groups attached to an aromatic ring is 1. The summed E-state index contributed by atoms with van der Waals surface area (Å²) in [4.78, 5) is 22.0. The van der Waals surface area contributed by atoms with Gasteiger partial charge in [-0.2, -0.15) is 0 Å². The molecule has 2 aromatic carbocycles. The first-order valence-electron chi connectivity index (χ1n) is 10.8. The summed E-state index contributed by atoms with van der Waals surface area (Å²) in [7, 11) is 0. The zero-order valence-corrected chi connectivity index (χ0v) is 18.2. The fraction of sp³-hybridized carbons (Fsp3) is 0.250. The van der Waals surface area contributed by atoms with E-state index in [0.717, 1.165) is 37.6 Å². The van der Waals surface area contributed by atoms with Crippen LogP contribution in [0.15, 0.2) is 61.1 Å². The van der Waals surface area contributed by atoms with Gasteiger partial charge < -0.3 is 15.4 Å². The molecule has 1 fully saturated rings. The number of anilines is 2. The van der Waals surface area contributed by atoms with Crippen LogP contribution >= 0.6 is 0 Å². The number of fused-ring (bicyclic) bond motifs is 1. The summed E-state index contributed by atoms with van der Waals surface area (Å²) in [5.41, 5.74) is 8.20. The van der Waals surface area contributed by atoms with E-state index < -0.39 is 0 Å². The molecule has 9 heteroatoms. The van der Waals surface area contributed by atoms with Crippen LogP contribution in [0.2, 0.25) is 0 Å². The third-order valence-electron chi connectivity index (χ3n) is 5.93. The highest BCUT2D eigenvalue weighted by Gasteiger charge is 2.23. The second-order valence-electron chi connectivity index (χ2n) is 7.99. The highest BCUT2D eigenvalue weighted by Crippen LogP contribution is 2.29. The van der Waals surface area contributed by atoms with Crippen molar-refractivity contribution in [1.29, 1.82) is 0 Å². The third kappa shape index (κ3) is 4.54. The van der Waals surface area contributed by atoms with Gasteiger partial charge in [0.15, 0.2) is 5.75 Å². The number of hydrogen-bond acceptors (Lipinski definition) is 8. The summed E-state index contributed by atoms with van der Waals surface area (Å²) >= 11 is 0. The lowest BCUT2D eigenvalue weighted by atomic mass is 10.1. The Morgan fingerprint density at radius 3 is 2.58 bits per heavy atom. The van der Waals surface area contributed by atoms with E-state index in [0.29, 0.717) is 28.5 Å². The zero-order chi connectivity index (χ0) is 22.8. The monoisotopic (exact) mass is 445 g/mol. The molecule has 5 rings (SSSR count). The van der Waals surface area contributed by atoms with Gasteiger partial charge >= 0.3 is 0 Å². The largest absolute Gasteiger partial charge is 0.436 e. The van der Waals surface area contributed by atoms with Crippen LogP contribution in [0.25, 0.3) is 11.0 Å². The summed E-state index contributed by atoms with van der Waals surface area (Å²) in [5.74, 6) is 1.89. The third-order valence-corrected chi connectivity index (χ3v) is 5.93. The van der Waals surface area contributed by atoms with Crippen molar-refractivity contribution in [3.05, 3.63) is 72.4 Å². The average molecular weight is 446 g/mol. The minimum Gasteiger partial charge on any atom is -0.436 e. The molecule has 33 heavy (non-hydrogen) atoms. The van der Waals surface area contributed by atoms with Gasteiger partial charge in [-0.15, -0.1) is 0 Å². The molecule has 0 saturated carbocycles. The second-order valence-corrected chi connectivity index (χ2v) is 7.99. The molecule has 168 valence electrons. The molecule has 0 amide bonds. The Balaban J connectivity index is 1.28. The van der Waals surface area contributed by atoms with E-state index in [1.807, 2.05) is 36.4 Å². The van der Waals surface area contributed by atoms with E-state index in [-0.39, 0.29) is 11.9 Å². The number of benzene rings is 2. The summed E-state index contributed by atoms with van der Waals surface area (Å²) in [6, 6.07) is 14.3. The Labute approximate surface area is 190 Å². The summed E-state index contributed by atoms with van der Waals surface area (Å²) in [5, 5.41) is 0. The fourth-order valence-electron chi connectivity index (χ4n) is 4.07. The molecule has 8 nitrogen and oxygen atoms in total. The molecular formula is C24H24FN7O. The Hall–Kier alpha value is -3.85. The SMILES string of the molecule is CC(c1ccc(F)cc1)N1CCN(c2cc(Oc3cccc4ncc(N)nc34)ncn2)CC1. The molecular weight excluding hydrogens is 421 g/mol. The number of piperazine rings is 1. The first kappa shape index (κ1) is 21.0. The number of ether oxygens (including phenoxy) is 1. The molecule has 2 N–H and O–H groups in total. The van der Waals surface area contributed by atoms with Gasteiger partial charge in [-0.1, -0.05) is 18.2 Å². The number of para-hydroxylation sites is 1. The van der Waals surface area contributed by atoms with Crippen molar-refractivity contribution in [3.63, 3.8) is 0 Å². The summed E-state index contributed by atoms with van der Waals surface area (Å²) < 4.78 is 19.3.